The van der Waals surface area contributed by atoms with E-state index in [1.54, 1.807) is 6.92 Å². The normalized spacial score (nSPS) is 13.8. The molecule has 3 unspecified atom stereocenters. The van der Waals surface area contributed by atoms with E-state index in [4.69, 9.17) is 33.2 Å². The third-order valence-corrected chi connectivity index (χ3v) is 8.21. The van der Waals surface area contributed by atoms with Gasteiger partial charge < -0.3 is 94.4 Å². The standard InChI is InChI=1S/C37H46O22/c1-2-37(15-53-9-22(38)12-57-34(50)19-3-25(41)31(47)26(42)4-19,16-54-10-23(39)13-58-35(51)20-5-27(43)32(48)28(44)6-20)17-56-18-55-11-24(40)14-59-36(52)21-7-29(45)33(49)30(46)8-21/h3-8,22-24,38-49H,2,9-18H2,1H3. The Morgan fingerprint density at radius 3 is 1.02 bits per heavy atom. The average molecular weight is 843 g/mol. The lowest BCUT2D eigenvalue weighted by atomic mass is 9.88. The molecule has 0 aliphatic heterocycles. The molecule has 59 heavy (non-hydrogen) atoms. The summed E-state index contributed by atoms with van der Waals surface area (Å²) in [5.41, 5.74) is -1.93. The van der Waals surface area contributed by atoms with E-state index in [1.807, 2.05) is 0 Å². The zero-order valence-corrected chi connectivity index (χ0v) is 31.4. The van der Waals surface area contributed by atoms with Gasteiger partial charge in [-0.15, -0.1) is 0 Å². The first-order valence-electron chi connectivity index (χ1n) is 17.5. The molecule has 0 aliphatic rings. The van der Waals surface area contributed by atoms with Crippen molar-refractivity contribution in [3.05, 3.63) is 53.1 Å². The van der Waals surface area contributed by atoms with Crippen LogP contribution in [-0.2, 0) is 33.2 Å². The lowest BCUT2D eigenvalue weighted by Gasteiger charge is -2.32. The molecule has 22 heteroatoms. The highest BCUT2D eigenvalue weighted by Gasteiger charge is 2.31. The molecule has 0 aromatic heterocycles. The Kier molecular flexibility index (Phi) is 17.8. The van der Waals surface area contributed by atoms with Crippen LogP contribution in [0.5, 0.6) is 51.7 Å². The maximum atomic E-state index is 12.3. The van der Waals surface area contributed by atoms with Gasteiger partial charge in [0.15, 0.2) is 51.7 Å². The first-order valence-corrected chi connectivity index (χ1v) is 17.5. The fourth-order valence-corrected chi connectivity index (χ4v) is 4.83. The molecule has 3 rings (SSSR count). The summed E-state index contributed by atoms with van der Waals surface area (Å²) in [7, 11) is 0. The number of phenolic OH excluding ortho intramolecular Hbond substituents is 9. The molecule has 3 atom stereocenters. The molecule has 326 valence electrons. The van der Waals surface area contributed by atoms with Crippen molar-refractivity contribution in [2.24, 2.45) is 5.41 Å². The van der Waals surface area contributed by atoms with Gasteiger partial charge in [-0.05, 0) is 42.8 Å². The van der Waals surface area contributed by atoms with Gasteiger partial charge in [-0.25, -0.2) is 14.4 Å². The number of hydrogen-bond donors (Lipinski definition) is 12. The molecule has 0 heterocycles. The van der Waals surface area contributed by atoms with Crippen LogP contribution < -0.4 is 0 Å². The minimum atomic E-state index is -1.37. The van der Waals surface area contributed by atoms with Gasteiger partial charge in [0.2, 0.25) is 0 Å². The van der Waals surface area contributed by atoms with Crippen LogP contribution in [0.2, 0.25) is 0 Å². The Labute approximate surface area is 334 Å². The van der Waals surface area contributed by atoms with E-state index in [0.717, 1.165) is 36.4 Å². The summed E-state index contributed by atoms with van der Waals surface area (Å²) in [6.45, 7) is -1.98. The highest BCUT2D eigenvalue weighted by molar-refractivity contribution is 5.92. The second kappa shape index (κ2) is 22.2. The van der Waals surface area contributed by atoms with Gasteiger partial charge in [0.1, 0.15) is 44.9 Å². The third-order valence-electron chi connectivity index (χ3n) is 8.21. The smallest absolute Gasteiger partial charge is 0.338 e. The summed E-state index contributed by atoms with van der Waals surface area (Å²) in [5.74, 6) is -10.2. The van der Waals surface area contributed by atoms with Crippen LogP contribution in [0, 0.1) is 5.41 Å². The molecular weight excluding hydrogens is 796 g/mol. The van der Waals surface area contributed by atoms with Crippen LogP contribution in [0.1, 0.15) is 44.4 Å². The number of ether oxygens (including phenoxy) is 7. The summed E-state index contributed by atoms with van der Waals surface area (Å²) in [6, 6.07) is 5.11. The first kappa shape index (κ1) is 47.4. The number of hydrogen-bond acceptors (Lipinski definition) is 22. The predicted octanol–water partition coefficient (Wildman–Crippen LogP) is 0.411. The molecule has 0 spiro atoms. The van der Waals surface area contributed by atoms with E-state index >= 15 is 0 Å². The Hall–Kier alpha value is -6.01. The number of carbonyl (C=O) groups is 3. The summed E-state index contributed by atoms with van der Waals surface area (Å²) in [5, 5.41) is 117. The van der Waals surface area contributed by atoms with Crippen LogP contribution in [0.25, 0.3) is 0 Å². The second-order valence-corrected chi connectivity index (χ2v) is 13.1. The number of rotatable bonds is 24. The van der Waals surface area contributed by atoms with Gasteiger partial charge in [-0.1, -0.05) is 6.92 Å². The van der Waals surface area contributed by atoms with Crippen molar-refractivity contribution in [2.75, 3.05) is 66.3 Å². The van der Waals surface area contributed by atoms with E-state index in [2.05, 4.69) is 0 Å². The summed E-state index contributed by atoms with van der Waals surface area (Å²) in [6.07, 6.45) is -3.78. The zero-order chi connectivity index (χ0) is 43.9. The predicted molar refractivity (Wildman–Crippen MR) is 194 cm³/mol. The highest BCUT2D eigenvalue weighted by Crippen LogP contribution is 2.37. The Morgan fingerprint density at radius 2 is 0.729 bits per heavy atom. The summed E-state index contributed by atoms with van der Waals surface area (Å²) < 4.78 is 37.2. The molecule has 0 radical (unpaired) electrons. The molecule has 0 saturated heterocycles. The van der Waals surface area contributed by atoms with Gasteiger partial charge in [0.25, 0.3) is 0 Å². The Morgan fingerprint density at radius 1 is 0.458 bits per heavy atom. The Bertz CT molecular complexity index is 1730. The van der Waals surface area contributed by atoms with Crippen LogP contribution in [-0.4, -0.2) is 164 Å². The largest absolute Gasteiger partial charge is 0.504 e. The van der Waals surface area contributed by atoms with E-state index < -0.39 is 120 Å². The maximum Gasteiger partial charge on any atom is 0.338 e. The second-order valence-electron chi connectivity index (χ2n) is 13.1. The van der Waals surface area contributed by atoms with Gasteiger partial charge in [-0.2, -0.15) is 0 Å². The number of phenols is 9. The Balaban J connectivity index is 1.52. The molecule has 0 amide bonds. The molecule has 12 N–H and O–H groups in total. The fraction of sp³-hybridized carbons (Fsp3) is 0.432. The van der Waals surface area contributed by atoms with Gasteiger partial charge in [-0.3, -0.25) is 0 Å². The van der Waals surface area contributed by atoms with Gasteiger partial charge in [0, 0.05) is 5.41 Å². The van der Waals surface area contributed by atoms with Crippen molar-refractivity contribution in [1.82, 2.24) is 0 Å². The number of aliphatic hydroxyl groups excluding tert-OH is 3. The van der Waals surface area contributed by atoms with Crippen molar-refractivity contribution in [3.8, 4) is 51.7 Å². The minimum Gasteiger partial charge on any atom is -0.504 e. The number of aliphatic hydroxyl groups is 3. The van der Waals surface area contributed by atoms with Crippen molar-refractivity contribution in [1.29, 1.82) is 0 Å². The molecule has 0 aliphatic carbocycles. The molecule has 3 aromatic carbocycles. The van der Waals surface area contributed by atoms with Crippen molar-refractivity contribution < 1.29 is 109 Å². The SMILES string of the molecule is CCC(COCOCC(O)COC(=O)c1cc(O)c(O)c(O)c1)(COCC(O)COC(=O)c1cc(O)c(O)c(O)c1)COCC(O)COC(=O)c1cc(O)c(O)c(O)c1. The van der Waals surface area contributed by atoms with Gasteiger partial charge >= 0.3 is 17.9 Å². The quantitative estimate of drug-likeness (QED) is 0.0191. The number of aromatic hydroxyl groups is 9. The van der Waals surface area contributed by atoms with Crippen molar-refractivity contribution in [3.63, 3.8) is 0 Å². The summed E-state index contributed by atoms with van der Waals surface area (Å²) in [4.78, 5) is 36.9. The van der Waals surface area contributed by atoms with E-state index in [-0.39, 0.29) is 56.3 Å². The van der Waals surface area contributed by atoms with E-state index in [9.17, 15) is 75.7 Å². The fourth-order valence-electron chi connectivity index (χ4n) is 4.83. The zero-order valence-electron chi connectivity index (χ0n) is 31.4. The summed E-state index contributed by atoms with van der Waals surface area (Å²) >= 11 is 0. The van der Waals surface area contributed by atoms with Crippen LogP contribution in [0.4, 0.5) is 0 Å². The number of carbonyl (C=O) groups excluding carboxylic acids is 3. The molecule has 0 bridgehead atoms. The third kappa shape index (κ3) is 14.4. The first-order chi connectivity index (χ1) is 27.9. The van der Waals surface area contributed by atoms with Crippen molar-refractivity contribution in [2.45, 2.75) is 31.7 Å². The van der Waals surface area contributed by atoms with Crippen LogP contribution in [0.15, 0.2) is 36.4 Å². The average Bonchev–Trinajstić information content (AvgIpc) is 3.20. The molecule has 0 saturated carbocycles. The molecule has 0 fully saturated rings. The maximum absolute atomic E-state index is 12.3. The minimum absolute atomic E-state index is 0.139. The van der Waals surface area contributed by atoms with Crippen molar-refractivity contribution >= 4 is 17.9 Å². The van der Waals surface area contributed by atoms with Crippen LogP contribution in [0.3, 0.4) is 0 Å². The highest BCUT2D eigenvalue weighted by atomic mass is 16.7. The molecular formula is C37H46O22. The lowest BCUT2D eigenvalue weighted by molar-refractivity contribution is -0.138. The van der Waals surface area contributed by atoms with Crippen LogP contribution >= 0.6 is 0 Å². The topological polar surface area (TPSA) is 359 Å². The number of benzene rings is 3. The van der Waals surface area contributed by atoms with E-state index in [1.165, 1.54) is 0 Å². The van der Waals surface area contributed by atoms with E-state index in [0.29, 0.717) is 6.42 Å². The van der Waals surface area contributed by atoms with Gasteiger partial charge in [0.05, 0.1) is 56.3 Å². The molecule has 3 aromatic rings. The molecule has 22 nitrogen and oxygen atoms in total. The lowest BCUT2D eigenvalue weighted by Crippen LogP contribution is -2.39. The number of esters is 3. The monoisotopic (exact) mass is 842 g/mol.